The molecule has 0 amide bonds. The third-order valence-electron chi connectivity index (χ3n) is 2.57. The van der Waals surface area contributed by atoms with Crippen LogP contribution in [0.4, 0.5) is 0 Å². The first-order valence-corrected chi connectivity index (χ1v) is 4.96. The second-order valence-corrected chi connectivity index (χ2v) is 3.84. The maximum absolute atomic E-state index is 3.97. The first-order chi connectivity index (χ1) is 6.84. The predicted octanol–water partition coefficient (Wildman–Crippen LogP) is 1.44. The van der Waals surface area contributed by atoms with Gasteiger partial charge in [0.2, 0.25) is 0 Å². The van der Waals surface area contributed by atoms with Crippen LogP contribution in [0.1, 0.15) is 12.0 Å². The lowest BCUT2D eigenvalue weighted by molar-refractivity contribution is 0.408. The Balaban J connectivity index is 1.94. The molecule has 3 heteroatoms. The topological polar surface area (TPSA) is 29.0 Å². The third kappa shape index (κ3) is 2.39. The van der Waals surface area contributed by atoms with Crippen LogP contribution in [-0.2, 0) is 0 Å². The summed E-state index contributed by atoms with van der Waals surface area (Å²) in [4.78, 5) is 10.3. The maximum atomic E-state index is 3.97. The van der Waals surface area contributed by atoms with Crippen molar-refractivity contribution in [2.45, 2.75) is 6.42 Å². The lowest BCUT2D eigenvalue weighted by Crippen LogP contribution is -2.13. The van der Waals surface area contributed by atoms with Crippen LogP contribution < -0.4 is 0 Å². The van der Waals surface area contributed by atoms with Crippen LogP contribution in [0.3, 0.4) is 0 Å². The highest BCUT2D eigenvalue weighted by atomic mass is 15.1. The van der Waals surface area contributed by atoms with Gasteiger partial charge in [0.25, 0.3) is 0 Å². The van der Waals surface area contributed by atoms with E-state index in [-0.39, 0.29) is 0 Å². The zero-order chi connectivity index (χ0) is 9.80. The zero-order valence-corrected chi connectivity index (χ0v) is 8.43. The standard InChI is InChI=1S/C11H15N3/c1-14-5-4-10(8-14)2-3-11-6-12-9-13-7-11/h2-3,6-7,9-10H,4-5,8H2,1H3/b3-2+/t10-/m1/s1. The van der Waals surface area contributed by atoms with Crippen LogP contribution in [-0.4, -0.2) is 35.0 Å². The van der Waals surface area contributed by atoms with Crippen molar-refractivity contribution in [3.63, 3.8) is 0 Å². The normalized spacial score (nSPS) is 23.4. The lowest BCUT2D eigenvalue weighted by atomic mass is 10.1. The average molecular weight is 189 g/mol. The molecular formula is C11H15N3. The molecule has 0 unspecified atom stereocenters. The molecule has 0 saturated carbocycles. The Labute approximate surface area is 84.5 Å². The maximum Gasteiger partial charge on any atom is 0.115 e. The minimum atomic E-state index is 0.695. The summed E-state index contributed by atoms with van der Waals surface area (Å²) in [5.74, 6) is 0.695. The fourth-order valence-electron chi connectivity index (χ4n) is 1.77. The van der Waals surface area contributed by atoms with Gasteiger partial charge in [-0.1, -0.05) is 12.2 Å². The van der Waals surface area contributed by atoms with Crippen LogP contribution in [0.2, 0.25) is 0 Å². The van der Waals surface area contributed by atoms with Gasteiger partial charge >= 0.3 is 0 Å². The van der Waals surface area contributed by atoms with E-state index in [1.165, 1.54) is 19.5 Å². The van der Waals surface area contributed by atoms with Gasteiger partial charge in [0.1, 0.15) is 6.33 Å². The number of rotatable bonds is 2. The Hall–Kier alpha value is -1.22. The van der Waals surface area contributed by atoms with Gasteiger partial charge in [0.15, 0.2) is 0 Å². The molecule has 1 saturated heterocycles. The first-order valence-electron chi connectivity index (χ1n) is 4.96. The molecule has 3 nitrogen and oxygen atoms in total. The summed E-state index contributed by atoms with van der Waals surface area (Å²) in [5.41, 5.74) is 1.09. The van der Waals surface area contributed by atoms with Crippen LogP contribution in [0.25, 0.3) is 6.08 Å². The summed E-state index contributed by atoms with van der Waals surface area (Å²) in [6.07, 6.45) is 10.9. The zero-order valence-electron chi connectivity index (χ0n) is 8.43. The molecule has 0 aliphatic carbocycles. The monoisotopic (exact) mass is 189 g/mol. The van der Waals surface area contributed by atoms with E-state index in [1.54, 1.807) is 6.33 Å². The van der Waals surface area contributed by atoms with Gasteiger partial charge in [0.05, 0.1) is 0 Å². The van der Waals surface area contributed by atoms with Gasteiger partial charge in [-0.3, -0.25) is 0 Å². The van der Waals surface area contributed by atoms with Crippen molar-refractivity contribution in [3.05, 3.63) is 30.4 Å². The molecule has 1 fully saturated rings. The Morgan fingerprint density at radius 3 is 2.86 bits per heavy atom. The fraction of sp³-hybridized carbons (Fsp3) is 0.455. The smallest absolute Gasteiger partial charge is 0.115 e. The minimum Gasteiger partial charge on any atom is -0.306 e. The van der Waals surface area contributed by atoms with E-state index in [9.17, 15) is 0 Å². The second kappa shape index (κ2) is 4.33. The van der Waals surface area contributed by atoms with Crippen LogP contribution in [0, 0.1) is 5.92 Å². The fourth-order valence-corrected chi connectivity index (χ4v) is 1.77. The number of nitrogens with zero attached hydrogens (tertiary/aromatic N) is 3. The minimum absolute atomic E-state index is 0.695. The molecule has 0 radical (unpaired) electrons. The van der Waals surface area contributed by atoms with Gasteiger partial charge in [-0.2, -0.15) is 0 Å². The summed E-state index contributed by atoms with van der Waals surface area (Å²) in [6.45, 7) is 2.38. The highest BCUT2D eigenvalue weighted by molar-refractivity contribution is 5.46. The highest BCUT2D eigenvalue weighted by Crippen LogP contribution is 2.16. The third-order valence-corrected chi connectivity index (χ3v) is 2.57. The molecule has 1 aromatic heterocycles. The van der Waals surface area contributed by atoms with Crippen LogP contribution in [0.5, 0.6) is 0 Å². The molecule has 0 N–H and O–H groups in total. The highest BCUT2D eigenvalue weighted by Gasteiger charge is 2.15. The average Bonchev–Trinajstić information content (AvgIpc) is 2.63. The number of hydrogen-bond acceptors (Lipinski definition) is 3. The molecule has 0 bridgehead atoms. The molecule has 2 heterocycles. The SMILES string of the molecule is CN1CC[C@@H](/C=C/c2cncnc2)C1. The number of hydrogen-bond donors (Lipinski definition) is 0. The first kappa shape index (κ1) is 9.34. The van der Waals surface area contributed by atoms with Crippen LogP contribution >= 0.6 is 0 Å². The van der Waals surface area contributed by atoms with Crippen LogP contribution in [0.15, 0.2) is 24.8 Å². The molecule has 0 spiro atoms. The molecule has 14 heavy (non-hydrogen) atoms. The summed E-state index contributed by atoms with van der Waals surface area (Å²) < 4.78 is 0. The predicted molar refractivity (Wildman–Crippen MR) is 56.7 cm³/mol. The Morgan fingerprint density at radius 2 is 2.21 bits per heavy atom. The van der Waals surface area contributed by atoms with E-state index in [2.05, 4.69) is 34.1 Å². The molecule has 2 rings (SSSR count). The number of likely N-dealkylation sites (tertiary alicyclic amines) is 1. The summed E-state index contributed by atoms with van der Waals surface area (Å²) in [5, 5.41) is 0. The number of aromatic nitrogens is 2. The summed E-state index contributed by atoms with van der Waals surface area (Å²) >= 11 is 0. The quantitative estimate of drug-likeness (QED) is 0.705. The van der Waals surface area contributed by atoms with Crippen molar-refractivity contribution in [1.82, 2.24) is 14.9 Å². The summed E-state index contributed by atoms with van der Waals surface area (Å²) in [7, 11) is 2.17. The Kier molecular flexibility index (Phi) is 2.89. The van der Waals surface area contributed by atoms with Gasteiger partial charge in [-0.15, -0.1) is 0 Å². The van der Waals surface area contributed by atoms with Crippen molar-refractivity contribution in [3.8, 4) is 0 Å². The Bertz CT molecular complexity index is 308. The van der Waals surface area contributed by atoms with Crippen molar-refractivity contribution in [1.29, 1.82) is 0 Å². The van der Waals surface area contributed by atoms with E-state index < -0.39 is 0 Å². The second-order valence-electron chi connectivity index (χ2n) is 3.84. The van der Waals surface area contributed by atoms with Gasteiger partial charge < -0.3 is 4.90 Å². The van der Waals surface area contributed by atoms with E-state index in [0.29, 0.717) is 5.92 Å². The van der Waals surface area contributed by atoms with Gasteiger partial charge in [0, 0.05) is 24.5 Å². The van der Waals surface area contributed by atoms with E-state index >= 15 is 0 Å². The molecule has 1 atom stereocenters. The molecule has 1 aliphatic heterocycles. The molecule has 1 aromatic rings. The van der Waals surface area contributed by atoms with Crippen molar-refractivity contribution in [2.24, 2.45) is 5.92 Å². The van der Waals surface area contributed by atoms with E-state index in [1.807, 2.05) is 12.4 Å². The lowest BCUT2D eigenvalue weighted by Gasteiger charge is -2.05. The summed E-state index contributed by atoms with van der Waals surface area (Å²) in [6, 6.07) is 0. The molecule has 1 aliphatic rings. The van der Waals surface area contributed by atoms with Crippen molar-refractivity contribution in [2.75, 3.05) is 20.1 Å². The molecule has 74 valence electrons. The van der Waals surface area contributed by atoms with Gasteiger partial charge in [-0.05, 0) is 25.9 Å². The Morgan fingerprint density at radius 1 is 1.43 bits per heavy atom. The molecule has 0 aromatic carbocycles. The van der Waals surface area contributed by atoms with Crippen molar-refractivity contribution < 1.29 is 0 Å². The largest absolute Gasteiger partial charge is 0.306 e. The molecular weight excluding hydrogens is 174 g/mol. The van der Waals surface area contributed by atoms with Gasteiger partial charge in [-0.25, -0.2) is 9.97 Å². The van der Waals surface area contributed by atoms with E-state index in [0.717, 1.165) is 5.56 Å². The van der Waals surface area contributed by atoms with E-state index in [4.69, 9.17) is 0 Å². The van der Waals surface area contributed by atoms with Crippen molar-refractivity contribution >= 4 is 6.08 Å².